The van der Waals surface area contributed by atoms with Crippen molar-refractivity contribution in [3.63, 3.8) is 0 Å². The van der Waals surface area contributed by atoms with E-state index in [1.165, 1.54) is 52.8 Å². The predicted octanol–water partition coefficient (Wildman–Crippen LogP) is 0.166. The first-order valence-electron chi connectivity index (χ1n) is 15.7. The molecule has 4 amide bonds. The third-order valence-electron chi connectivity index (χ3n) is 7.94. The number of tetrazole rings is 1. The van der Waals surface area contributed by atoms with E-state index in [0.717, 1.165) is 28.4 Å². The number of aliphatic hydroxyl groups excluding tert-OH is 1. The van der Waals surface area contributed by atoms with Gasteiger partial charge in [0, 0.05) is 18.1 Å². The highest BCUT2D eigenvalue weighted by atomic mass is 32.2. The van der Waals surface area contributed by atoms with Gasteiger partial charge in [-0.1, -0.05) is 36.0 Å². The maximum atomic E-state index is 13.7. The minimum absolute atomic E-state index is 0.107. The summed E-state index contributed by atoms with van der Waals surface area (Å²) < 4.78 is 1.37. The molecule has 22 heteroatoms. The number of aliphatic carboxylic acids is 1. The van der Waals surface area contributed by atoms with Crippen LogP contribution in [0.4, 0.5) is 16.4 Å². The Bertz CT molecular complexity index is 2110. The van der Waals surface area contributed by atoms with Crippen molar-refractivity contribution in [1.82, 2.24) is 45.7 Å². The van der Waals surface area contributed by atoms with E-state index in [9.17, 15) is 44.4 Å². The summed E-state index contributed by atoms with van der Waals surface area (Å²) in [4.78, 5) is 73.0. The van der Waals surface area contributed by atoms with E-state index in [1.807, 2.05) is 0 Å². The van der Waals surface area contributed by atoms with Crippen LogP contribution in [0.25, 0.3) is 0 Å². The first-order valence-corrected chi connectivity index (χ1v) is 17.7. The van der Waals surface area contributed by atoms with Crippen molar-refractivity contribution in [2.24, 2.45) is 0 Å². The van der Waals surface area contributed by atoms with Gasteiger partial charge in [0.15, 0.2) is 0 Å². The maximum absolute atomic E-state index is 13.7. The average molecular weight is 766 g/mol. The zero-order valence-electron chi connectivity index (χ0n) is 27.3. The SMILES string of the molecule is O=C(Nc1cnc(NCc2ccc(O)cc2)[nH]c1=O)NC(C(=O)NC1C(=O)N2C(C(=O)O)=C(CSc3nnnn3CCO)CS[C@@H]12)c1ccc(O)cc1. The first kappa shape index (κ1) is 36.7. The topological polar surface area (TPSA) is 290 Å². The molecule has 1 saturated heterocycles. The molecule has 276 valence electrons. The quantitative estimate of drug-likeness (QED) is 0.0611. The van der Waals surface area contributed by atoms with Gasteiger partial charge in [-0.2, -0.15) is 0 Å². The fourth-order valence-electron chi connectivity index (χ4n) is 5.35. The second-order valence-electron chi connectivity index (χ2n) is 11.5. The van der Waals surface area contributed by atoms with Gasteiger partial charge in [-0.05, 0) is 51.4 Å². The number of hydrogen-bond acceptors (Lipinski definition) is 15. The van der Waals surface area contributed by atoms with Crippen molar-refractivity contribution >= 4 is 59.0 Å². The van der Waals surface area contributed by atoms with E-state index in [4.69, 9.17) is 0 Å². The number of aromatic amines is 1. The van der Waals surface area contributed by atoms with E-state index < -0.39 is 46.8 Å². The van der Waals surface area contributed by atoms with Crippen molar-refractivity contribution < 1.29 is 39.6 Å². The molecule has 0 radical (unpaired) electrons. The van der Waals surface area contributed by atoms with Crippen LogP contribution in [0.5, 0.6) is 11.5 Å². The number of nitrogens with zero attached hydrogens (tertiary/aromatic N) is 6. The van der Waals surface area contributed by atoms with Crippen LogP contribution in [0.1, 0.15) is 17.2 Å². The molecule has 1 fully saturated rings. The van der Waals surface area contributed by atoms with Gasteiger partial charge in [-0.25, -0.2) is 19.3 Å². The van der Waals surface area contributed by atoms with Crippen molar-refractivity contribution in [3.05, 3.63) is 87.5 Å². The molecule has 20 nitrogen and oxygen atoms in total. The number of rotatable bonds is 14. The summed E-state index contributed by atoms with van der Waals surface area (Å²) in [7, 11) is 0. The van der Waals surface area contributed by atoms with E-state index in [0.29, 0.717) is 10.7 Å². The number of phenolic OH excluding ortho intramolecular Hbond substituents is 2. The highest BCUT2D eigenvalue weighted by Gasteiger charge is 2.54. The number of H-pyrrole nitrogens is 1. The lowest BCUT2D eigenvalue weighted by molar-refractivity contribution is -0.150. The number of nitrogens with one attached hydrogen (secondary N) is 5. The summed E-state index contributed by atoms with van der Waals surface area (Å²) in [6.45, 7) is 0.230. The van der Waals surface area contributed by atoms with Crippen LogP contribution in [0.2, 0.25) is 0 Å². The third-order valence-corrected chi connectivity index (χ3v) is 10.3. The lowest BCUT2D eigenvalue weighted by Crippen LogP contribution is -2.71. The molecule has 4 aromatic rings. The molecular weight excluding hydrogens is 735 g/mol. The zero-order valence-corrected chi connectivity index (χ0v) is 28.9. The second-order valence-corrected chi connectivity index (χ2v) is 13.5. The molecule has 0 saturated carbocycles. The number of aliphatic hydroxyl groups is 1. The fourth-order valence-corrected chi connectivity index (χ4v) is 7.74. The maximum Gasteiger partial charge on any atom is 0.352 e. The first-order chi connectivity index (χ1) is 25.5. The minimum Gasteiger partial charge on any atom is -0.508 e. The van der Waals surface area contributed by atoms with Gasteiger partial charge in [0.25, 0.3) is 11.5 Å². The molecular formula is C31H31N11O9S2. The Morgan fingerprint density at radius 2 is 1.77 bits per heavy atom. The number of carboxylic acids is 1. The van der Waals surface area contributed by atoms with E-state index >= 15 is 0 Å². The monoisotopic (exact) mass is 765 g/mol. The normalized spacial score (nSPS) is 17.0. The Morgan fingerprint density at radius 3 is 2.45 bits per heavy atom. The number of fused-ring (bicyclic) bond motifs is 1. The Morgan fingerprint density at radius 1 is 1.06 bits per heavy atom. The fraction of sp³-hybridized carbons (Fsp3) is 0.258. The average Bonchev–Trinajstić information content (AvgIpc) is 3.59. The third kappa shape index (κ3) is 8.34. The number of carbonyl (C=O) groups excluding carboxylic acids is 3. The summed E-state index contributed by atoms with van der Waals surface area (Å²) in [5.41, 5.74) is 0.311. The summed E-state index contributed by atoms with van der Waals surface area (Å²) in [6.07, 6.45) is 1.12. The number of benzene rings is 2. The Hall–Kier alpha value is -6.13. The number of urea groups is 1. The van der Waals surface area contributed by atoms with Gasteiger partial charge >= 0.3 is 12.0 Å². The lowest BCUT2D eigenvalue weighted by Gasteiger charge is -2.49. The number of carboxylic acid groups (broad SMARTS) is 1. The number of hydrogen-bond donors (Lipinski definition) is 9. The molecule has 2 unspecified atom stereocenters. The van der Waals surface area contributed by atoms with E-state index in [2.05, 4.69) is 46.8 Å². The number of thioether (sulfide) groups is 2. The van der Waals surface area contributed by atoms with Gasteiger partial charge in [0.1, 0.15) is 40.3 Å². The molecule has 2 aliphatic rings. The Balaban J connectivity index is 1.11. The number of phenols is 2. The summed E-state index contributed by atoms with van der Waals surface area (Å²) in [6, 6.07) is 8.25. The van der Waals surface area contributed by atoms with Gasteiger partial charge in [0.05, 0.1) is 19.3 Å². The number of aromatic nitrogens is 6. The van der Waals surface area contributed by atoms with Crippen molar-refractivity contribution in [1.29, 1.82) is 0 Å². The van der Waals surface area contributed by atoms with Crippen LogP contribution >= 0.6 is 23.5 Å². The van der Waals surface area contributed by atoms with Crippen molar-refractivity contribution in [3.8, 4) is 11.5 Å². The van der Waals surface area contributed by atoms with Crippen LogP contribution in [0.3, 0.4) is 0 Å². The Kier molecular flexibility index (Phi) is 11.1. The zero-order chi connectivity index (χ0) is 37.6. The molecule has 0 aliphatic carbocycles. The lowest BCUT2D eigenvalue weighted by atomic mass is 10.0. The van der Waals surface area contributed by atoms with Gasteiger partial charge < -0.3 is 41.7 Å². The largest absolute Gasteiger partial charge is 0.508 e. The van der Waals surface area contributed by atoms with Crippen molar-refractivity contribution in [2.75, 3.05) is 28.7 Å². The van der Waals surface area contributed by atoms with Crippen LogP contribution in [-0.2, 0) is 27.5 Å². The summed E-state index contributed by atoms with van der Waals surface area (Å²) >= 11 is 2.39. The number of anilines is 2. The van der Waals surface area contributed by atoms with Crippen LogP contribution in [-0.4, -0.2) is 109 Å². The highest BCUT2D eigenvalue weighted by Crippen LogP contribution is 2.41. The van der Waals surface area contributed by atoms with Crippen molar-refractivity contribution in [2.45, 2.75) is 35.7 Å². The molecule has 53 heavy (non-hydrogen) atoms. The Labute approximate surface area is 307 Å². The number of carbonyl (C=O) groups is 4. The molecule has 2 aromatic heterocycles. The van der Waals surface area contributed by atoms with Gasteiger partial charge in [-0.15, -0.1) is 16.9 Å². The van der Waals surface area contributed by atoms with Crippen LogP contribution < -0.4 is 26.8 Å². The molecule has 0 spiro atoms. The summed E-state index contributed by atoms with van der Waals surface area (Å²) in [5.74, 6) is -2.35. The molecule has 0 bridgehead atoms. The molecule has 2 aliphatic heterocycles. The van der Waals surface area contributed by atoms with Gasteiger partial charge in [-0.3, -0.25) is 24.3 Å². The number of aromatic hydroxyl groups is 2. The van der Waals surface area contributed by atoms with E-state index in [-0.39, 0.29) is 65.6 Å². The van der Waals surface area contributed by atoms with Gasteiger partial charge in [0.2, 0.25) is 17.0 Å². The molecule has 3 atom stereocenters. The smallest absolute Gasteiger partial charge is 0.352 e. The van der Waals surface area contributed by atoms with Crippen LogP contribution in [0.15, 0.2) is 75.9 Å². The minimum atomic E-state index is -1.42. The van der Waals surface area contributed by atoms with E-state index in [1.54, 1.807) is 12.1 Å². The predicted molar refractivity (Wildman–Crippen MR) is 189 cm³/mol. The highest BCUT2D eigenvalue weighted by molar-refractivity contribution is 8.01. The number of β-lactam (4-membered cyclic amide) rings is 1. The second kappa shape index (κ2) is 16.0. The summed E-state index contributed by atoms with van der Waals surface area (Å²) in [5, 5.41) is 59.7. The molecule has 4 heterocycles. The molecule has 9 N–H and O–H groups in total. The standard InChI is InChI=1S/C31H31N11O9S2/c43-10-9-41-31(38-39-40-41)53-14-17-13-52-27-22(26(48)42(27)23(17)28(49)50)35-25(47)21(16-3-7-19(45)8-4-16)36-30(51)34-20-12-33-29(37-24(20)46)32-11-15-1-5-18(44)6-2-15/h1-8,12,21-22,27,43-45H,9-11,13-14H2,(H,35,47)(H,49,50)(H2,34,36,51)(H2,32,33,37,46)/t21?,22?,27-/m0/s1. The molecule has 6 rings (SSSR count). The molecule has 2 aromatic carbocycles. The van der Waals surface area contributed by atoms with Crippen LogP contribution in [0, 0.1) is 0 Å². The number of amides is 4.